The molecule has 0 radical (unpaired) electrons. The predicted molar refractivity (Wildman–Crippen MR) is 96.4 cm³/mol. The summed E-state index contributed by atoms with van der Waals surface area (Å²) in [4.78, 5) is 37.7. The van der Waals surface area contributed by atoms with E-state index in [-0.39, 0.29) is 22.4 Å². The number of carbonyl (C=O) groups is 3. The van der Waals surface area contributed by atoms with Crippen LogP contribution < -0.4 is 10.1 Å². The Balaban J connectivity index is 1.85. The molecule has 8 heteroatoms. The van der Waals surface area contributed by atoms with Gasteiger partial charge in [-0.3, -0.25) is 19.3 Å². The Labute approximate surface area is 160 Å². The number of amides is 3. The fourth-order valence-electron chi connectivity index (χ4n) is 3.12. The Hall–Kier alpha value is -3.29. The summed E-state index contributed by atoms with van der Waals surface area (Å²) in [5, 5.41) is 2.77. The minimum atomic E-state index is -2.98. The van der Waals surface area contributed by atoms with Crippen molar-refractivity contribution in [2.24, 2.45) is 0 Å². The van der Waals surface area contributed by atoms with Gasteiger partial charge in [0.1, 0.15) is 5.75 Å². The second-order valence-corrected chi connectivity index (χ2v) is 6.28. The first-order valence-electron chi connectivity index (χ1n) is 8.64. The van der Waals surface area contributed by atoms with E-state index in [0.717, 1.165) is 4.90 Å². The fraction of sp³-hybridized carbons (Fsp3) is 0.250. The molecule has 3 rings (SSSR count). The van der Waals surface area contributed by atoms with Crippen LogP contribution in [0.2, 0.25) is 0 Å². The first-order valence-corrected chi connectivity index (χ1v) is 8.64. The van der Waals surface area contributed by atoms with Crippen molar-refractivity contribution in [3.05, 3.63) is 64.7 Å². The molecule has 2 aromatic carbocycles. The predicted octanol–water partition coefficient (Wildman–Crippen LogP) is 3.39. The molecule has 1 aliphatic rings. The molecule has 1 unspecified atom stereocenters. The summed E-state index contributed by atoms with van der Waals surface area (Å²) in [5.74, 6) is -1.40. The molecule has 1 aliphatic heterocycles. The van der Waals surface area contributed by atoms with Gasteiger partial charge in [-0.2, -0.15) is 8.78 Å². The van der Waals surface area contributed by atoms with Gasteiger partial charge in [-0.1, -0.05) is 25.1 Å². The number of halogens is 2. The average molecular weight is 388 g/mol. The quantitative estimate of drug-likeness (QED) is 0.770. The van der Waals surface area contributed by atoms with Gasteiger partial charge in [0.2, 0.25) is 0 Å². The summed E-state index contributed by atoms with van der Waals surface area (Å²) in [5.41, 5.74) is 1.02. The van der Waals surface area contributed by atoms with E-state index in [4.69, 9.17) is 0 Å². The van der Waals surface area contributed by atoms with Gasteiger partial charge >= 0.3 is 6.61 Å². The molecule has 6 nitrogen and oxygen atoms in total. The van der Waals surface area contributed by atoms with Crippen LogP contribution in [0.1, 0.15) is 56.0 Å². The number of hydrogen-bond donors (Lipinski definition) is 1. The van der Waals surface area contributed by atoms with Gasteiger partial charge in [-0.15, -0.1) is 0 Å². The van der Waals surface area contributed by atoms with Crippen molar-refractivity contribution < 1.29 is 27.9 Å². The van der Waals surface area contributed by atoms with Gasteiger partial charge in [0.15, 0.2) is 0 Å². The molecule has 0 aromatic heterocycles. The maximum Gasteiger partial charge on any atom is 0.387 e. The van der Waals surface area contributed by atoms with E-state index in [0.29, 0.717) is 12.0 Å². The molecule has 146 valence electrons. The average Bonchev–Trinajstić information content (AvgIpc) is 2.90. The topological polar surface area (TPSA) is 75.7 Å². The summed E-state index contributed by atoms with van der Waals surface area (Å²) >= 11 is 0. The van der Waals surface area contributed by atoms with E-state index >= 15 is 0 Å². The van der Waals surface area contributed by atoms with Gasteiger partial charge in [0, 0.05) is 18.2 Å². The van der Waals surface area contributed by atoms with Gasteiger partial charge in [-0.25, -0.2) is 0 Å². The van der Waals surface area contributed by atoms with Gasteiger partial charge in [-0.05, 0) is 30.7 Å². The van der Waals surface area contributed by atoms with E-state index in [1.165, 1.54) is 31.3 Å². The van der Waals surface area contributed by atoms with E-state index in [1.807, 2.05) is 0 Å². The van der Waals surface area contributed by atoms with Gasteiger partial charge in [0.25, 0.3) is 17.7 Å². The molecule has 0 fully saturated rings. The van der Waals surface area contributed by atoms with Crippen molar-refractivity contribution in [1.82, 2.24) is 10.2 Å². The van der Waals surface area contributed by atoms with E-state index in [1.54, 1.807) is 25.1 Å². The summed E-state index contributed by atoms with van der Waals surface area (Å²) in [6.07, 6.45) is 0.431. The first kappa shape index (κ1) is 19.5. The summed E-state index contributed by atoms with van der Waals surface area (Å²) in [6.45, 7) is -1.18. The number of alkyl halides is 2. The lowest BCUT2D eigenvalue weighted by Crippen LogP contribution is -2.29. The van der Waals surface area contributed by atoms with Crippen LogP contribution in [0.5, 0.6) is 5.75 Å². The third-order valence-corrected chi connectivity index (χ3v) is 4.58. The number of ether oxygens (including phenoxy) is 1. The minimum Gasteiger partial charge on any atom is -0.434 e. The van der Waals surface area contributed by atoms with Crippen LogP contribution in [0, 0.1) is 0 Å². The third kappa shape index (κ3) is 3.58. The largest absolute Gasteiger partial charge is 0.434 e. The highest BCUT2D eigenvalue weighted by Gasteiger charge is 2.33. The van der Waals surface area contributed by atoms with Crippen LogP contribution in [0.15, 0.2) is 42.5 Å². The van der Waals surface area contributed by atoms with Crippen LogP contribution in [-0.4, -0.2) is 36.3 Å². The lowest BCUT2D eigenvalue weighted by molar-refractivity contribution is -0.0507. The Bertz CT molecular complexity index is 946. The molecule has 0 spiro atoms. The van der Waals surface area contributed by atoms with Gasteiger partial charge in [0.05, 0.1) is 17.2 Å². The Morgan fingerprint density at radius 3 is 2.46 bits per heavy atom. The monoisotopic (exact) mass is 388 g/mol. The lowest BCUT2D eigenvalue weighted by atomic mass is 10.0. The van der Waals surface area contributed by atoms with Crippen molar-refractivity contribution in [1.29, 1.82) is 0 Å². The number of carbonyl (C=O) groups excluding carboxylic acids is 3. The highest BCUT2D eigenvalue weighted by molar-refractivity contribution is 6.21. The number of benzene rings is 2. The number of hydrogen-bond acceptors (Lipinski definition) is 4. The normalized spacial score (nSPS) is 14.2. The number of nitrogens with one attached hydrogen (secondary N) is 1. The van der Waals surface area contributed by atoms with Crippen LogP contribution in [0.3, 0.4) is 0 Å². The number of imide groups is 1. The number of rotatable bonds is 6. The molecule has 1 atom stereocenters. The van der Waals surface area contributed by atoms with Gasteiger partial charge < -0.3 is 10.1 Å². The molecule has 0 aliphatic carbocycles. The standard InChI is InChI=1S/C20H18F2N2O4/c1-3-15(13-6-4-5-7-16(13)28-20(21)22)23-17(25)11-8-9-12-14(10-11)19(27)24(2)18(12)26/h4-10,15,20H,3H2,1-2H3,(H,23,25). The minimum absolute atomic E-state index is 0.0130. The number of fused-ring (bicyclic) bond motifs is 1. The second kappa shape index (κ2) is 7.75. The molecular weight excluding hydrogens is 370 g/mol. The number of nitrogens with zero attached hydrogens (tertiary/aromatic N) is 1. The van der Waals surface area contributed by atoms with Crippen molar-refractivity contribution in [2.75, 3.05) is 7.05 Å². The first-order chi connectivity index (χ1) is 13.3. The SMILES string of the molecule is CCC(NC(=O)c1ccc2c(c1)C(=O)N(C)C2=O)c1ccccc1OC(F)F. The van der Waals surface area contributed by atoms with Crippen LogP contribution in [0.4, 0.5) is 8.78 Å². The Kier molecular flexibility index (Phi) is 5.39. The smallest absolute Gasteiger partial charge is 0.387 e. The summed E-state index contributed by atoms with van der Waals surface area (Å²) in [6, 6.07) is 9.92. The maximum atomic E-state index is 12.7. The zero-order valence-electron chi connectivity index (χ0n) is 15.2. The molecule has 0 saturated heterocycles. The summed E-state index contributed by atoms with van der Waals surface area (Å²) in [7, 11) is 1.37. The fourth-order valence-corrected chi connectivity index (χ4v) is 3.12. The summed E-state index contributed by atoms with van der Waals surface area (Å²) < 4.78 is 29.8. The van der Waals surface area contributed by atoms with Crippen molar-refractivity contribution >= 4 is 17.7 Å². The molecule has 2 aromatic rings. The molecule has 0 bridgehead atoms. The lowest BCUT2D eigenvalue weighted by Gasteiger charge is -2.20. The molecule has 1 heterocycles. The molecular formula is C20H18F2N2O4. The van der Waals surface area contributed by atoms with E-state index in [2.05, 4.69) is 10.1 Å². The Morgan fingerprint density at radius 2 is 1.79 bits per heavy atom. The van der Waals surface area contributed by atoms with Crippen molar-refractivity contribution in [3.63, 3.8) is 0 Å². The van der Waals surface area contributed by atoms with Crippen LogP contribution in [0.25, 0.3) is 0 Å². The maximum absolute atomic E-state index is 12.7. The Morgan fingerprint density at radius 1 is 1.11 bits per heavy atom. The second-order valence-electron chi connectivity index (χ2n) is 6.28. The zero-order chi connectivity index (χ0) is 20.4. The molecule has 28 heavy (non-hydrogen) atoms. The van der Waals surface area contributed by atoms with E-state index < -0.39 is 30.4 Å². The highest BCUT2D eigenvalue weighted by Crippen LogP contribution is 2.29. The molecule has 0 saturated carbocycles. The van der Waals surface area contributed by atoms with Crippen molar-refractivity contribution in [3.8, 4) is 5.75 Å². The number of para-hydroxylation sites is 1. The van der Waals surface area contributed by atoms with Crippen molar-refractivity contribution in [2.45, 2.75) is 26.0 Å². The molecule has 3 amide bonds. The van der Waals surface area contributed by atoms with Crippen LogP contribution >= 0.6 is 0 Å². The third-order valence-electron chi connectivity index (χ3n) is 4.58. The highest BCUT2D eigenvalue weighted by atomic mass is 19.3. The zero-order valence-corrected chi connectivity index (χ0v) is 15.2. The van der Waals surface area contributed by atoms with Crippen LogP contribution in [-0.2, 0) is 0 Å². The van der Waals surface area contributed by atoms with E-state index in [9.17, 15) is 23.2 Å². The molecule has 1 N–H and O–H groups in total.